The molecule has 3 aromatic rings. The van der Waals surface area contributed by atoms with Gasteiger partial charge in [0.25, 0.3) is 0 Å². The maximum atomic E-state index is 12.8. The third-order valence-corrected chi connectivity index (χ3v) is 4.71. The Labute approximate surface area is 153 Å². The molecular weight excluding hydrogens is 380 g/mol. The SMILES string of the molecule is CCc1cccc2c(C(=O)/C(C#N)=C/c3ccc(O)c(Br)c3)c[nH]c12. The lowest BCUT2D eigenvalue weighted by molar-refractivity contribution is 0.104. The number of carbonyl (C=O) groups excluding carboxylic acids is 1. The Balaban J connectivity index is 2.05. The second-order valence-corrected chi connectivity index (χ2v) is 6.46. The van der Waals surface area contributed by atoms with E-state index in [4.69, 9.17) is 0 Å². The molecule has 0 unspecified atom stereocenters. The van der Waals surface area contributed by atoms with Crippen LogP contribution in [0.5, 0.6) is 5.75 Å². The van der Waals surface area contributed by atoms with E-state index in [2.05, 4.69) is 27.8 Å². The smallest absolute Gasteiger partial charge is 0.205 e. The van der Waals surface area contributed by atoms with E-state index in [1.54, 1.807) is 18.3 Å². The number of nitrogens with one attached hydrogen (secondary N) is 1. The lowest BCUT2D eigenvalue weighted by Crippen LogP contribution is -2.01. The molecule has 2 aromatic carbocycles. The molecule has 1 heterocycles. The fourth-order valence-corrected chi connectivity index (χ4v) is 3.17. The lowest BCUT2D eigenvalue weighted by Gasteiger charge is -2.02. The zero-order valence-corrected chi connectivity index (χ0v) is 15.1. The molecule has 0 radical (unpaired) electrons. The number of hydrogen-bond donors (Lipinski definition) is 2. The van der Waals surface area contributed by atoms with E-state index in [0.717, 1.165) is 22.9 Å². The van der Waals surface area contributed by atoms with E-state index in [1.807, 2.05) is 24.3 Å². The lowest BCUT2D eigenvalue weighted by atomic mass is 10.00. The van der Waals surface area contributed by atoms with Crippen LogP contribution in [0.25, 0.3) is 17.0 Å². The molecule has 0 saturated heterocycles. The molecule has 0 atom stereocenters. The number of ketones is 1. The first-order chi connectivity index (χ1) is 12.0. The van der Waals surface area contributed by atoms with Crippen molar-refractivity contribution in [3.8, 4) is 11.8 Å². The van der Waals surface area contributed by atoms with Crippen molar-refractivity contribution in [2.75, 3.05) is 0 Å². The van der Waals surface area contributed by atoms with Crippen molar-refractivity contribution in [3.63, 3.8) is 0 Å². The number of H-pyrrole nitrogens is 1. The number of hydrogen-bond acceptors (Lipinski definition) is 3. The largest absolute Gasteiger partial charge is 0.507 e. The Morgan fingerprint density at radius 2 is 2.16 bits per heavy atom. The third-order valence-electron chi connectivity index (χ3n) is 4.08. The molecule has 0 aliphatic heterocycles. The van der Waals surface area contributed by atoms with Gasteiger partial charge < -0.3 is 10.1 Å². The number of halogens is 1. The molecule has 1 aromatic heterocycles. The van der Waals surface area contributed by atoms with E-state index in [1.165, 1.54) is 12.1 Å². The molecule has 0 aliphatic rings. The van der Waals surface area contributed by atoms with Crippen LogP contribution in [0.2, 0.25) is 0 Å². The van der Waals surface area contributed by atoms with Gasteiger partial charge >= 0.3 is 0 Å². The van der Waals surface area contributed by atoms with Gasteiger partial charge in [-0.3, -0.25) is 4.79 Å². The van der Waals surface area contributed by atoms with E-state index in [9.17, 15) is 15.2 Å². The molecule has 25 heavy (non-hydrogen) atoms. The summed E-state index contributed by atoms with van der Waals surface area (Å²) >= 11 is 3.23. The molecule has 124 valence electrons. The highest BCUT2D eigenvalue weighted by atomic mass is 79.9. The van der Waals surface area contributed by atoms with Gasteiger partial charge in [-0.25, -0.2) is 0 Å². The van der Waals surface area contributed by atoms with Crippen LogP contribution in [-0.2, 0) is 6.42 Å². The van der Waals surface area contributed by atoms with Gasteiger partial charge in [0.2, 0.25) is 5.78 Å². The molecule has 0 fully saturated rings. The van der Waals surface area contributed by atoms with Crippen molar-refractivity contribution in [1.29, 1.82) is 5.26 Å². The number of aryl methyl sites for hydroxylation is 1. The number of aromatic hydroxyl groups is 1. The number of phenols is 1. The normalized spacial score (nSPS) is 11.5. The first kappa shape index (κ1) is 17.0. The van der Waals surface area contributed by atoms with E-state index >= 15 is 0 Å². The second-order valence-electron chi connectivity index (χ2n) is 5.61. The summed E-state index contributed by atoms with van der Waals surface area (Å²) in [7, 11) is 0. The summed E-state index contributed by atoms with van der Waals surface area (Å²) in [4.78, 5) is 16.0. The number of rotatable bonds is 4. The highest BCUT2D eigenvalue weighted by Gasteiger charge is 2.17. The number of Topliss-reactive ketones (excluding diaryl/α,β-unsaturated/α-hetero) is 1. The predicted octanol–water partition coefficient (Wildman–Crippen LogP) is 4.99. The van der Waals surface area contributed by atoms with Gasteiger partial charge in [0, 0.05) is 22.7 Å². The molecule has 0 spiro atoms. The number of phenolic OH excluding ortho intramolecular Hbond substituents is 1. The fraction of sp³-hybridized carbons (Fsp3) is 0.100. The van der Waals surface area contributed by atoms with Crippen LogP contribution in [0, 0.1) is 11.3 Å². The van der Waals surface area contributed by atoms with Gasteiger partial charge in [0.15, 0.2) is 0 Å². The number of allylic oxidation sites excluding steroid dienone is 1. The van der Waals surface area contributed by atoms with Crippen molar-refractivity contribution in [3.05, 3.63) is 69.3 Å². The number of aromatic nitrogens is 1. The molecule has 0 saturated carbocycles. The summed E-state index contributed by atoms with van der Waals surface area (Å²) in [6.45, 7) is 2.06. The summed E-state index contributed by atoms with van der Waals surface area (Å²) in [5, 5.41) is 19.8. The zero-order valence-electron chi connectivity index (χ0n) is 13.5. The van der Waals surface area contributed by atoms with Crippen molar-refractivity contribution in [2.24, 2.45) is 0 Å². The maximum absolute atomic E-state index is 12.8. The highest BCUT2D eigenvalue weighted by molar-refractivity contribution is 9.10. The Bertz CT molecular complexity index is 1040. The van der Waals surface area contributed by atoms with Gasteiger partial charge in [0.1, 0.15) is 17.4 Å². The summed E-state index contributed by atoms with van der Waals surface area (Å²) < 4.78 is 0.505. The zero-order chi connectivity index (χ0) is 18.0. The molecule has 0 aliphatic carbocycles. The minimum Gasteiger partial charge on any atom is -0.507 e. The number of benzene rings is 2. The van der Waals surface area contributed by atoms with Crippen LogP contribution < -0.4 is 0 Å². The van der Waals surface area contributed by atoms with Crippen LogP contribution in [0.1, 0.15) is 28.4 Å². The fourth-order valence-electron chi connectivity index (χ4n) is 2.77. The first-order valence-corrected chi connectivity index (χ1v) is 8.58. The number of nitrogens with zero attached hydrogens (tertiary/aromatic N) is 1. The molecule has 3 rings (SSSR count). The minimum absolute atomic E-state index is 0.0420. The second kappa shape index (κ2) is 6.96. The summed E-state index contributed by atoms with van der Waals surface area (Å²) in [5.74, 6) is -0.225. The average molecular weight is 395 g/mol. The quantitative estimate of drug-likeness (QED) is 0.371. The van der Waals surface area contributed by atoms with Gasteiger partial charge in [-0.2, -0.15) is 5.26 Å². The third kappa shape index (κ3) is 3.21. The molecule has 0 amide bonds. The van der Waals surface area contributed by atoms with E-state index in [-0.39, 0.29) is 17.1 Å². The standard InChI is InChI=1S/C20H15BrN2O2/c1-2-13-4-3-5-15-16(11-23-19(13)15)20(25)14(10-22)8-12-6-7-18(24)17(21)9-12/h3-9,11,23-24H,2H2,1H3/b14-8+. The molecule has 4 nitrogen and oxygen atoms in total. The van der Waals surface area contributed by atoms with Gasteiger partial charge in [-0.1, -0.05) is 31.2 Å². The van der Waals surface area contributed by atoms with E-state index < -0.39 is 0 Å². The van der Waals surface area contributed by atoms with Crippen molar-refractivity contribution in [2.45, 2.75) is 13.3 Å². The molecule has 0 bridgehead atoms. The van der Waals surface area contributed by atoms with E-state index in [0.29, 0.717) is 15.6 Å². The van der Waals surface area contributed by atoms with Crippen LogP contribution in [0.15, 0.2) is 52.6 Å². The molecule has 5 heteroatoms. The Morgan fingerprint density at radius 1 is 1.36 bits per heavy atom. The average Bonchev–Trinajstić information content (AvgIpc) is 3.06. The molecule has 2 N–H and O–H groups in total. The van der Waals surface area contributed by atoms with Crippen molar-refractivity contribution >= 4 is 38.7 Å². The molecular formula is C20H15BrN2O2. The van der Waals surface area contributed by atoms with Crippen molar-refractivity contribution in [1.82, 2.24) is 4.98 Å². The Kier molecular flexibility index (Phi) is 4.73. The maximum Gasteiger partial charge on any atom is 0.205 e. The van der Waals surface area contributed by atoms with Gasteiger partial charge in [0.05, 0.1) is 4.47 Å². The van der Waals surface area contributed by atoms with Crippen molar-refractivity contribution < 1.29 is 9.90 Å². The summed E-state index contributed by atoms with van der Waals surface area (Å²) in [6, 6.07) is 12.6. The minimum atomic E-state index is -0.328. The number of carbonyl (C=O) groups is 1. The van der Waals surface area contributed by atoms with Crippen LogP contribution in [-0.4, -0.2) is 15.9 Å². The Hall–Kier alpha value is -2.84. The first-order valence-electron chi connectivity index (χ1n) is 7.79. The Morgan fingerprint density at radius 3 is 2.84 bits per heavy atom. The number of aromatic amines is 1. The van der Waals surface area contributed by atoms with Crippen LogP contribution in [0.3, 0.4) is 0 Å². The number of para-hydroxylation sites is 1. The van der Waals surface area contributed by atoms with Crippen LogP contribution in [0.4, 0.5) is 0 Å². The predicted molar refractivity (Wildman–Crippen MR) is 101 cm³/mol. The monoisotopic (exact) mass is 394 g/mol. The van der Waals surface area contributed by atoms with Crippen LogP contribution >= 0.6 is 15.9 Å². The summed E-state index contributed by atoms with van der Waals surface area (Å²) in [5.41, 5.74) is 3.24. The number of fused-ring (bicyclic) bond motifs is 1. The van der Waals surface area contributed by atoms with Gasteiger partial charge in [-0.15, -0.1) is 0 Å². The topological polar surface area (TPSA) is 76.9 Å². The highest BCUT2D eigenvalue weighted by Crippen LogP contribution is 2.27. The summed E-state index contributed by atoms with van der Waals surface area (Å²) in [6.07, 6.45) is 4.03. The number of nitriles is 1. The van der Waals surface area contributed by atoms with Gasteiger partial charge in [-0.05, 0) is 51.7 Å².